The van der Waals surface area contributed by atoms with Crippen LogP contribution in [-0.2, 0) is 22.3 Å². The number of fused-ring (bicyclic) bond motifs is 1. The summed E-state index contributed by atoms with van der Waals surface area (Å²) in [7, 11) is 1.56. The molecule has 3 N–H and O–H groups in total. The van der Waals surface area contributed by atoms with Crippen molar-refractivity contribution in [1.82, 2.24) is 25.5 Å². The molecule has 0 aliphatic carbocycles. The number of rotatable bonds is 9. The molecule has 2 aromatic carbocycles. The SMILES string of the molecule is CCCn1nnnc1[C@H](N)[C@@H](CC(C)C)C(=O)N[C@H]1N=C(c2ccc(C(F)(F)F)cc2)c2ccccc2N(C)C1=O. The lowest BCUT2D eigenvalue weighted by Gasteiger charge is -2.26. The molecule has 41 heavy (non-hydrogen) atoms. The standard InChI is InChI=1S/C28H33F3N8O2/c1-5-14-39-25(35-36-37-39)22(32)20(15-16(2)3)26(40)34-24-27(41)38(4)21-9-7-6-8-19(21)23(33-24)17-10-12-18(13-11-17)28(29,30)31/h6-13,16,20,22,24H,5,14-15,32H2,1-4H3,(H,34,40)/t20-,22-,24-/m1/s1. The number of halogens is 3. The van der Waals surface area contributed by atoms with Crippen LogP contribution in [0.3, 0.4) is 0 Å². The number of aromatic nitrogens is 4. The minimum Gasteiger partial charge on any atom is -0.326 e. The summed E-state index contributed by atoms with van der Waals surface area (Å²) in [6.45, 7) is 6.39. The van der Waals surface area contributed by atoms with Crippen LogP contribution >= 0.6 is 0 Å². The number of likely N-dealkylation sites (N-methyl/N-ethyl adjacent to an activating group) is 1. The van der Waals surface area contributed by atoms with Crippen molar-refractivity contribution >= 4 is 23.2 Å². The van der Waals surface area contributed by atoms with E-state index in [0.29, 0.717) is 35.6 Å². The van der Waals surface area contributed by atoms with Gasteiger partial charge in [-0.05, 0) is 47.4 Å². The van der Waals surface area contributed by atoms with Crippen LogP contribution in [0.4, 0.5) is 18.9 Å². The van der Waals surface area contributed by atoms with Crippen molar-refractivity contribution in [1.29, 1.82) is 0 Å². The Morgan fingerprint density at radius 2 is 1.80 bits per heavy atom. The zero-order valence-corrected chi connectivity index (χ0v) is 23.3. The van der Waals surface area contributed by atoms with Crippen molar-refractivity contribution in [2.45, 2.75) is 58.5 Å². The van der Waals surface area contributed by atoms with Gasteiger partial charge in [0.1, 0.15) is 0 Å². The second kappa shape index (κ2) is 12.2. The highest BCUT2D eigenvalue weighted by atomic mass is 19.4. The fraction of sp³-hybridized carbons (Fsp3) is 0.429. The summed E-state index contributed by atoms with van der Waals surface area (Å²) in [5.41, 5.74) is 7.42. The molecule has 0 spiro atoms. The molecular weight excluding hydrogens is 537 g/mol. The van der Waals surface area contributed by atoms with Crippen LogP contribution in [0.15, 0.2) is 53.5 Å². The second-order valence-electron chi connectivity index (χ2n) is 10.4. The minimum absolute atomic E-state index is 0.0790. The van der Waals surface area contributed by atoms with Crippen molar-refractivity contribution < 1.29 is 22.8 Å². The zero-order chi connectivity index (χ0) is 29.9. The van der Waals surface area contributed by atoms with Gasteiger partial charge in [0, 0.05) is 24.7 Å². The Labute approximate surface area is 235 Å². The van der Waals surface area contributed by atoms with Crippen molar-refractivity contribution in [3.63, 3.8) is 0 Å². The summed E-state index contributed by atoms with van der Waals surface area (Å²) in [6, 6.07) is 10.6. The maximum atomic E-state index is 13.8. The molecule has 13 heteroatoms. The molecule has 0 bridgehead atoms. The number of nitrogens with one attached hydrogen (secondary N) is 1. The van der Waals surface area contributed by atoms with Crippen LogP contribution < -0.4 is 16.0 Å². The third kappa shape index (κ3) is 6.45. The topological polar surface area (TPSA) is 131 Å². The van der Waals surface area contributed by atoms with Crippen LogP contribution in [0.2, 0.25) is 0 Å². The number of anilines is 1. The van der Waals surface area contributed by atoms with Gasteiger partial charge in [0.25, 0.3) is 5.91 Å². The lowest BCUT2D eigenvalue weighted by atomic mass is 9.89. The van der Waals surface area contributed by atoms with Crippen molar-refractivity contribution in [3.05, 3.63) is 71.0 Å². The Balaban J connectivity index is 1.72. The number of para-hydroxylation sites is 1. The average molecular weight is 571 g/mol. The number of aryl methyl sites for hydroxylation is 1. The summed E-state index contributed by atoms with van der Waals surface area (Å²) in [5.74, 6) is -1.37. The first kappa shape index (κ1) is 29.8. The molecule has 1 aliphatic rings. The lowest BCUT2D eigenvalue weighted by molar-refractivity contribution is -0.137. The molecule has 0 radical (unpaired) electrons. The third-order valence-electron chi connectivity index (χ3n) is 6.90. The molecular formula is C28H33F3N8O2. The Morgan fingerprint density at radius 1 is 1.12 bits per heavy atom. The van der Waals surface area contributed by atoms with E-state index in [1.165, 1.54) is 17.0 Å². The van der Waals surface area contributed by atoms with Gasteiger partial charge in [0.2, 0.25) is 12.1 Å². The number of nitrogens with two attached hydrogens (primary N) is 1. The highest BCUT2D eigenvalue weighted by molar-refractivity contribution is 6.20. The van der Waals surface area contributed by atoms with Gasteiger partial charge < -0.3 is 16.0 Å². The molecule has 0 saturated carbocycles. The molecule has 2 heterocycles. The number of tetrazole rings is 1. The number of carbonyl (C=O) groups is 2. The predicted octanol–water partition coefficient (Wildman–Crippen LogP) is 3.72. The van der Waals surface area contributed by atoms with Crippen molar-refractivity contribution in [2.24, 2.45) is 22.6 Å². The Kier molecular flexibility index (Phi) is 8.86. The van der Waals surface area contributed by atoms with Crippen LogP contribution in [0, 0.1) is 11.8 Å². The Bertz CT molecular complexity index is 1420. The Morgan fingerprint density at radius 3 is 2.44 bits per heavy atom. The number of hydrogen-bond acceptors (Lipinski definition) is 7. The minimum atomic E-state index is -4.50. The summed E-state index contributed by atoms with van der Waals surface area (Å²) < 4.78 is 41.2. The van der Waals surface area contributed by atoms with Crippen LogP contribution in [0.5, 0.6) is 0 Å². The number of hydrogen-bond donors (Lipinski definition) is 2. The van der Waals surface area contributed by atoms with Gasteiger partial charge in [-0.15, -0.1) is 5.10 Å². The molecule has 3 aromatic rings. The van der Waals surface area contributed by atoms with E-state index < -0.39 is 41.7 Å². The van der Waals surface area contributed by atoms with Crippen LogP contribution in [-0.4, -0.2) is 50.9 Å². The highest BCUT2D eigenvalue weighted by Gasteiger charge is 2.36. The molecule has 0 saturated heterocycles. The molecule has 218 valence electrons. The number of alkyl halides is 3. The number of benzodiazepines with no additional fused rings is 1. The number of nitrogens with zero attached hydrogens (tertiary/aromatic N) is 6. The van der Waals surface area contributed by atoms with E-state index in [2.05, 4.69) is 25.8 Å². The number of amides is 2. The first-order chi connectivity index (χ1) is 19.4. The van der Waals surface area contributed by atoms with Gasteiger partial charge in [-0.1, -0.05) is 51.1 Å². The molecule has 2 amide bonds. The molecule has 1 aromatic heterocycles. The smallest absolute Gasteiger partial charge is 0.326 e. The summed E-state index contributed by atoms with van der Waals surface area (Å²) in [5, 5.41) is 14.5. The highest BCUT2D eigenvalue weighted by Crippen LogP contribution is 2.32. The largest absolute Gasteiger partial charge is 0.416 e. The maximum absolute atomic E-state index is 13.8. The van der Waals surface area contributed by atoms with E-state index in [0.717, 1.165) is 18.6 Å². The fourth-order valence-electron chi connectivity index (χ4n) is 4.83. The summed E-state index contributed by atoms with van der Waals surface area (Å²) in [6.07, 6.45) is -4.71. The molecule has 0 unspecified atom stereocenters. The van der Waals surface area contributed by atoms with Gasteiger partial charge in [-0.25, -0.2) is 9.67 Å². The van der Waals surface area contributed by atoms with Gasteiger partial charge in [-0.3, -0.25) is 9.59 Å². The molecule has 0 fully saturated rings. The number of carbonyl (C=O) groups excluding carboxylic acids is 2. The van der Waals surface area contributed by atoms with Crippen molar-refractivity contribution in [2.75, 3.05) is 11.9 Å². The van der Waals surface area contributed by atoms with Gasteiger partial charge in [0.05, 0.1) is 28.9 Å². The van der Waals surface area contributed by atoms with E-state index in [9.17, 15) is 22.8 Å². The van der Waals surface area contributed by atoms with Gasteiger partial charge in [0.15, 0.2) is 5.82 Å². The second-order valence-corrected chi connectivity index (χ2v) is 10.4. The zero-order valence-electron chi connectivity index (χ0n) is 23.3. The van der Waals surface area contributed by atoms with Gasteiger partial charge in [-0.2, -0.15) is 13.2 Å². The first-order valence-corrected chi connectivity index (χ1v) is 13.4. The Hall–Kier alpha value is -4.13. The third-order valence-corrected chi connectivity index (χ3v) is 6.90. The van der Waals surface area contributed by atoms with E-state index in [1.807, 2.05) is 20.8 Å². The lowest BCUT2D eigenvalue weighted by Crippen LogP contribution is -2.49. The van der Waals surface area contributed by atoms with E-state index >= 15 is 0 Å². The fourth-order valence-corrected chi connectivity index (χ4v) is 4.83. The summed E-state index contributed by atoms with van der Waals surface area (Å²) >= 11 is 0. The normalized spacial score (nSPS) is 17.1. The first-order valence-electron chi connectivity index (χ1n) is 13.4. The predicted molar refractivity (Wildman–Crippen MR) is 147 cm³/mol. The van der Waals surface area contributed by atoms with E-state index in [4.69, 9.17) is 5.73 Å². The van der Waals surface area contributed by atoms with Crippen LogP contribution in [0.1, 0.15) is 62.2 Å². The van der Waals surface area contributed by atoms with E-state index in [-0.39, 0.29) is 11.6 Å². The summed E-state index contributed by atoms with van der Waals surface area (Å²) in [4.78, 5) is 33.3. The van der Waals surface area contributed by atoms with Crippen molar-refractivity contribution in [3.8, 4) is 0 Å². The van der Waals surface area contributed by atoms with Crippen LogP contribution in [0.25, 0.3) is 0 Å². The quantitative estimate of drug-likeness (QED) is 0.403. The van der Waals surface area contributed by atoms with Gasteiger partial charge >= 0.3 is 6.18 Å². The number of benzene rings is 2. The maximum Gasteiger partial charge on any atom is 0.416 e. The van der Waals surface area contributed by atoms with E-state index in [1.54, 1.807) is 36.0 Å². The molecule has 10 nitrogen and oxygen atoms in total. The monoisotopic (exact) mass is 570 g/mol. The molecule has 3 atom stereocenters. The molecule has 4 rings (SSSR count). The average Bonchev–Trinajstić information content (AvgIpc) is 3.37. The number of aliphatic imine (C=N–C) groups is 1. The molecule has 1 aliphatic heterocycles.